The SMILES string of the molecule is CCNC(=O)CCN1CCCC(CNC(C)C)C1. The number of likely N-dealkylation sites (tertiary alicyclic amines) is 1. The Bertz CT molecular complexity index is 243. The lowest BCUT2D eigenvalue weighted by Crippen LogP contribution is -2.42. The van der Waals surface area contributed by atoms with Gasteiger partial charge in [-0.05, 0) is 38.8 Å². The Morgan fingerprint density at radius 2 is 2.22 bits per heavy atom. The molecule has 1 aliphatic rings. The molecule has 1 amide bonds. The lowest BCUT2D eigenvalue weighted by Gasteiger charge is -2.33. The third-order valence-electron chi connectivity index (χ3n) is 3.45. The smallest absolute Gasteiger partial charge is 0.221 e. The third kappa shape index (κ3) is 6.36. The molecule has 0 aliphatic carbocycles. The normalized spacial score (nSPS) is 21.2. The molecule has 1 atom stereocenters. The van der Waals surface area contributed by atoms with Gasteiger partial charge >= 0.3 is 0 Å². The molecule has 0 aromatic carbocycles. The molecule has 1 aliphatic heterocycles. The van der Waals surface area contributed by atoms with Crippen LogP contribution in [0.25, 0.3) is 0 Å². The molecule has 0 radical (unpaired) electrons. The molecule has 106 valence electrons. The largest absolute Gasteiger partial charge is 0.356 e. The van der Waals surface area contributed by atoms with Crippen molar-refractivity contribution in [3.8, 4) is 0 Å². The number of carbonyl (C=O) groups is 1. The van der Waals surface area contributed by atoms with Crippen molar-refractivity contribution in [2.24, 2.45) is 5.92 Å². The molecule has 1 saturated heterocycles. The molecule has 4 heteroatoms. The van der Waals surface area contributed by atoms with Crippen LogP contribution in [0, 0.1) is 5.92 Å². The highest BCUT2D eigenvalue weighted by Gasteiger charge is 2.20. The fourth-order valence-electron chi connectivity index (χ4n) is 2.47. The van der Waals surface area contributed by atoms with E-state index < -0.39 is 0 Å². The molecule has 0 spiro atoms. The number of hydrogen-bond acceptors (Lipinski definition) is 3. The summed E-state index contributed by atoms with van der Waals surface area (Å²) in [6.45, 7) is 11.4. The van der Waals surface area contributed by atoms with Gasteiger partial charge in [0.15, 0.2) is 0 Å². The van der Waals surface area contributed by atoms with Crippen LogP contribution in [-0.2, 0) is 4.79 Å². The highest BCUT2D eigenvalue weighted by molar-refractivity contribution is 5.75. The van der Waals surface area contributed by atoms with Crippen molar-refractivity contribution in [1.82, 2.24) is 15.5 Å². The molecule has 1 fully saturated rings. The minimum atomic E-state index is 0.180. The first-order valence-electron chi connectivity index (χ1n) is 7.34. The van der Waals surface area contributed by atoms with Gasteiger partial charge in [-0.1, -0.05) is 13.8 Å². The van der Waals surface area contributed by atoms with Gasteiger partial charge in [0.25, 0.3) is 0 Å². The van der Waals surface area contributed by atoms with E-state index in [2.05, 4.69) is 29.4 Å². The molecule has 1 heterocycles. The molecule has 0 bridgehead atoms. The fraction of sp³-hybridized carbons (Fsp3) is 0.929. The maximum atomic E-state index is 11.4. The lowest BCUT2D eigenvalue weighted by molar-refractivity contribution is -0.121. The highest BCUT2D eigenvalue weighted by atomic mass is 16.1. The Morgan fingerprint density at radius 3 is 2.89 bits per heavy atom. The van der Waals surface area contributed by atoms with Gasteiger partial charge in [0.05, 0.1) is 0 Å². The monoisotopic (exact) mass is 255 g/mol. The van der Waals surface area contributed by atoms with E-state index in [1.54, 1.807) is 0 Å². The molecule has 4 nitrogen and oxygen atoms in total. The van der Waals surface area contributed by atoms with Crippen molar-refractivity contribution in [2.75, 3.05) is 32.7 Å². The summed E-state index contributed by atoms with van der Waals surface area (Å²) in [6, 6.07) is 0.565. The van der Waals surface area contributed by atoms with E-state index in [9.17, 15) is 4.79 Å². The minimum Gasteiger partial charge on any atom is -0.356 e. The van der Waals surface area contributed by atoms with Gasteiger partial charge in [-0.2, -0.15) is 0 Å². The molecule has 2 N–H and O–H groups in total. The number of nitrogens with one attached hydrogen (secondary N) is 2. The second-order valence-corrected chi connectivity index (χ2v) is 5.58. The van der Waals surface area contributed by atoms with E-state index in [-0.39, 0.29) is 5.91 Å². The standard InChI is InChI=1S/C14H29N3O/c1-4-15-14(18)7-9-17-8-5-6-13(11-17)10-16-12(2)3/h12-13,16H,4-11H2,1-3H3,(H,15,18). The van der Waals surface area contributed by atoms with Crippen molar-refractivity contribution in [3.05, 3.63) is 0 Å². The number of piperidine rings is 1. The Labute approximate surface area is 111 Å². The van der Waals surface area contributed by atoms with Gasteiger partial charge in [0, 0.05) is 32.1 Å². The van der Waals surface area contributed by atoms with Crippen molar-refractivity contribution in [2.45, 2.75) is 46.1 Å². The molecule has 18 heavy (non-hydrogen) atoms. The van der Waals surface area contributed by atoms with Crippen molar-refractivity contribution < 1.29 is 4.79 Å². The number of rotatable bonds is 7. The summed E-state index contributed by atoms with van der Waals surface area (Å²) in [5.74, 6) is 0.926. The van der Waals surface area contributed by atoms with Gasteiger partial charge in [-0.15, -0.1) is 0 Å². The van der Waals surface area contributed by atoms with Gasteiger partial charge in [-0.3, -0.25) is 4.79 Å². The van der Waals surface area contributed by atoms with E-state index in [4.69, 9.17) is 0 Å². The maximum Gasteiger partial charge on any atom is 0.221 e. The van der Waals surface area contributed by atoms with Crippen LogP contribution in [0.15, 0.2) is 0 Å². The predicted molar refractivity (Wildman–Crippen MR) is 75.6 cm³/mol. The fourth-order valence-corrected chi connectivity index (χ4v) is 2.47. The zero-order valence-corrected chi connectivity index (χ0v) is 12.2. The first kappa shape index (κ1) is 15.4. The Hall–Kier alpha value is -0.610. The Balaban J connectivity index is 2.20. The van der Waals surface area contributed by atoms with Crippen LogP contribution in [0.5, 0.6) is 0 Å². The van der Waals surface area contributed by atoms with Crippen LogP contribution in [0.1, 0.15) is 40.0 Å². The van der Waals surface area contributed by atoms with Crippen LogP contribution in [0.3, 0.4) is 0 Å². The van der Waals surface area contributed by atoms with Crippen molar-refractivity contribution in [3.63, 3.8) is 0 Å². The summed E-state index contributed by atoms with van der Waals surface area (Å²) in [7, 11) is 0. The van der Waals surface area contributed by atoms with E-state index in [0.29, 0.717) is 12.5 Å². The zero-order valence-electron chi connectivity index (χ0n) is 12.2. The van der Waals surface area contributed by atoms with Crippen LogP contribution in [0.2, 0.25) is 0 Å². The number of hydrogen-bond donors (Lipinski definition) is 2. The number of nitrogens with zero attached hydrogens (tertiary/aromatic N) is 1. The number of carbonyl (C=O) groups excluding carboxylic acids is 1. The average molecular weight is 255 g/mol. The predicted octanol–water partition coefficient (Wildman–Crippen LogP) is 1.22. The van der Waals surface area contributed by atoms with Crippen LogP contribution in [0.4, 0.5) is 0 Å². The molecular weight excluding hydrogens is 226 g/mol. The van der Waals surface area contributed by atoms with Gasteiger partial charge in [0.1, 0.15) is 0 Å². The molecule has 1 rings (SSSR count). The summed E-state index contributed by atoms with van der Waals surface area (Å²) in [6.07, 6.45) is 3.22. The maximum absolute atomic E-state index is 11.4. The zero-order chi connectivity index (χ0) is 13.4. The second-order valence-electron chi connectivity index (χ2n) is 5.58. The van der Waals surface area contributed by atoms with E-state index in [0.717, 1.165) is 38.6 Å². The van der Waals surface area contributed by atoms with Crippen LogP contribution < -0.4 is 10.6 Å². The van der Waals surface area contributed by atoms with E-state index in [1.807, 2.05) is 6.92 Å². The van der Waals surface area contributed by atoms with E-state index >= 15 is 0 Å². The Morgan fingerprint density at radius 1 is 1.44 bits per heavy atom. The summed E-state index contributed by atoms with van der Waals surface area (Å²) < 4.78 is 0. The summed E-state index contributed by atoms with van der Waals surface area (Å²) in [5.41, 5.74) is 0. The van der Waals surface area contributed by atoms with Crippen molar-refractivity contribution in [1.29, 1.82) is 0 Å². The van der Waals surface area contributed by atoms with Crippen molar-refractivity contribution >= 4 is 5.91 Å². The molecule has 0 aromatic rings. The van der Waals surface area contributed by atoms with Crippen LogP contribution >= 0.6 is 0 Å². The van der Waals surface area contributed by atoms with Crippen LogP contribution in [-0.4, -0.2) is 49.6 Å². The molecule has 0 aromatic heterocycles. The summed E-state index contributed by atoms with van der Waals surface area (Å²) in [5, 5.41) is 6.37. The van der Waals surface area contributed by atoms with Gasteiger partial charge < -0.3 is 15.5 Å². The highest BCUT2D eigenvalue weighted by Crippen LogP contribution is 2.15. The molecule has 0 saturated carbocycles. The first-order valence-corrected chi connectivity index (χ1v) is 7.34. The first-order chi connectivity index (χ1) is 8.61. The molecular formula is C14H29N3O. The van der Waals surface area contributed by atoms with Gasteiger partial charge in [-0.25, -0.2) is 0 Å². The lowest BCUT2D eigenvalue weighted by atomic mass is 9.97. The third-order valence-corrected chi connectivity index (χ3v) is 3.45. The summed E-state index contributed by atoms with van der Waals surface area (Å²) >= 11 is 0. The second kappa shape index (κ2) is 8.48. The molecule has 1 unspecified atom stereocenters. The minimum absolute atomic E-state index is 0.180. The quantitative estimate of drug-likeness (QED) is 0.719. The Kier molecular flexibility index (Phi) is 7.28. The summed E-state index contributed by atoms with van der Waals surface area (Å²) in [4.78, 5) is 13.9. The topological polar surface area (TPSA) is 44.4 Å². The van der Waals surface area contributed by atoms with Gasteiger partial charge in [0.2, 0.25) is 5.91 Å². The average Bonchev–Trinajstić information content (AvgIpc) is 2.35. The number of amides is 1. The van der Waals surface area contributed by atoms with E-state index in [1.165, 1.54) is 12.8 Å².